The van der Waals surface area contributed by atoms with Crippen LogP contribution in [0.5, 0.6) is 0 Å². The number of ether oxygens (including phenoxy) is 2. The molecule has 8 heteroatoms. The van der Waals surface area contributed by atoms with Crippen LogP contribution in [0.25, 0.3) is 0 Å². The summed E-state index contributed by atoms with van der Waals surface area (Å²) < 4.78 is 11.5. The fourth-order valence-electron chi connectivity index (χ4n) is 4.17. The summed E-state index contributed by atoms with van der Waals surface area (Å²) in [7, 11) is 1.48. The quantitative estimate of drug-likeness (QED) is 0.162. The molecule has 0 fully saturated rings. The van der Waals surface area contributed by atoms with Crippen molar-refractivity contribution >= 4 is 17.8 Å². The molecule has 2 aromatic rings. The van der Waals surface area contributed by atoms with Gasteiger partial charge in [-0.15, -0.1) is 13.2 Å². The van der Waals surface area contributed by atoms with Gasteiger partial charge in [-0.05, 0) is 37.3 Å². The van der Waals surface area contributed by atoms with Gasteiger partial charge in [0.25, 0.3) is 0 Å². The Bertz CT molecular complexity index is 1060. The summed E-state index contributed by atoms with van der Waals surface area (Å²) in [5.74, 6) is -3.10. The van der Waals surface area contributed by atoms with Gasteiger partial charge in [0.1, 0.15) is 12.0 Å². The van der Waals surface area contributed by atoms with Gasteiger partial charge in [-0.1, -0.05) is 72.8 Å². The molecule has 0 bridgehead atoms. The molecule has 1 unspecified atom stereocenters. The lowest BCUT2D eigenvalue weighted by Crippen LogP contribution is -2.50. The molecule has 0 saturated carbocycles. The zero-order valence-corrected chi connectivity index (χ0v) is 22.8. The van der Waals surface area contributed by atoms with E-state index in [0.717, 1.165) is 5.56 Å². The number of carbonyl (C=O) groups excluding carboxylic acids is 3. The first-order valence-corrected chi connectivity index (χ1v) is 13.1. The van der Waals surface area contributed by atoms with Crippen molar-refractivity contribution in [2.75, 3.05) is 20.3 Å². The summed E-state index contributed by atoms with van der Waals surface area (Å²) in [5.41, 5.74) is 1.67. The van der Waals surface area contributed by atoms with Crippen LogP contribution in [-0.4, -0.2) is 55.3 Å². The first-order valence-electron chi connectivity index (χ1n) is 13.1. The number of aliphatic hydroxyl groups excluding tert-OH is 1. The largest absolute Gasteiger partial charge is 0.455 e. The molecular weight excluding hydrogens is 496 g/mol. The van der Waals surface area contributed by atoms with Crippen LogP contribution in [0.3, 0.4) is 0 Å². The normalized spacial score (nSPS) is 14.6. The minimum atomic E-state index is -1.09. The maximum atomic E-state index is 13.5. The Morgan fingerprint density at radius 1 is 0.923 bits per heavy atom. The van der Waals surface area contributed by atoms with Gasteiger partial charge >= 0.3 is 5.97 Å². The Balaban J connectivity index is 2.33. The first-order chi connectivity index (χ1) is 18.8. The van der Waals surface area contributed by atoms with Gasteiger partial charge < -0.3 is 25.2 Å². The third-order valence-corrected chi connectivity index (χ3v) is 6.22. The van der Waals surface area contributed by atoms with Crippen LogP contribution in [0.2, 0.25) is 0 Å². The van der Waals surface area contributed by atoms with Gasteiger partial charge in [-0.25, -0.2) is 0 Å². The fraction of sp³-hybridized carbons (Fsp3) is 0.387. The highest BCUT2D eigenvalue weighted by atomic mass is 16.5. The molecule has 3 N–H and O–H groups in total. The third-order valence-electron chi connectivity index (χ3n) is 6.22. The number of hydrogen-bond acceptors (Lipinski definition) is 6. The Labute approximate surface area is 231 Å². The highest BCUT2D eigenvalue weighted by Crippen LogP contribution is 2.26. The average molecular weight is 537 g/mol. The number of carbonyl (C=O) groups is 3. The molecule has 0 aliphatic heterocycles. The molecule has 210 valence electrons. The maximum Gasteiger partial charge on any atom is 0.310 e. The lowest BCUT2D eigenvalue weighted by molar-refractivity contribution is -0.158. The van der Waals surface area contributed by atoms with Gasteiger partial charge in [0, 0.05) is 13.2 Å². The highest BCUT2D eigenvalue weighted by Gasteiger charge is 2.34. The molecule has 0 aliphatic rings. The lowest BCUT2D eigenvalue weighted by atomic mass is 9.95. The van der Waals surface area contributed by atoms with Gasteiger partial charge in [-0.2, -0.15) is 0 Å². The van der Waals surface area contributed by atoms with Crippen LogP contribution < -0.4 is 10.6 Å². The summed E-state index contributed by atoms with van der Waals surface area (Å²) in [5, 5.41) is 14.8. The Hall–Kier alpha value is -3.75. The van der Waals surface area contributed by atoms with Crippen LogP contribution >= 0.6 is 0 Å². The zero-order valence-electron chi connectivity index (χ0n) is 22.8. The van der Waals surface area contributed by atoms with Gasteiger partial charge in [0.2, 0.25) is 11.8 Å². The van der Waals surface area contributed by atoms with E-state index >= 15 is 0 Å². The molecule has 0 aromatic heterocycles. The summed E-state index contributed by atoms with van der Waals surface area (Å²) in [6.45, 7) is 8.86. The number of rotatable bonds is 17. The van der Waals surface area contributed by atoms with Crippen molar-refractivity contribution in [2.24, 2.45) is 11.8 Å². The van der Waals surface area contributed by atoms with Crippen LogP contribution in [0.1, 0.15) is 37.0 Å². The lowest BCUT2D eigenvalue weighted by Gasteiger charge is -2.30. The van der Waals surface area contributed by atoms with Crippen molar-refractivity contribution in [1.29, 1.82) is 0 Å². The number of hydrogen-bond donors (Lipinski definition) is 3. The van der Waals surface area contributed by atoms with Crippen LogP contribution in [0.15, 0.2) is 86.0 Å². The smallest absolute Gasteiger partial charge is 0.310 e. The predicted molar refractivity (Wildman–Crippen MR) is 151 cm³/mol. The van der Waals surface area contributed by atoms with E-state index in [9.17, 15) is 19.5 Å². The van der Waals surface area contributed by atoms with E-state index in [1.807, 2.05) is 60.7 Å². The molecule has 2 aromatic carbocycles. The second kappa shape index (κ2) is 17.0. The fourth-order valence-corrected chi connectivity index (χ4v) is 4.17. The zero-order chi connectivity index (χ0) is 28.6. The Morgan fingerprint density at radius 2 is 1.51 bits per heavy atom. The van der Waals surface area contributed by atoms with Gasteiger partial charge in [0.15, 0.2) is 0 Å². The molecule has 0 aliphatic carbocycles. The second-order valence-electron chi connectivity index (χ2n) is 9.42. The molecule has 8 nitrogen and oxygen atoms in total. The van der Waals surface area contributed by atoms with Crippen molar-refractivity contribution in [2.45, 2.75) is 44.4 Å². The van der Waals surface area contributed by atoms with E-state index < -0.39 is 47.8 Å². The number of allylic oxidation sites excluding steroid dienone is 2. The van der Waals surface area contributed by atoms with Crippen molar-refractivity contribution in [1.82, 2.24) is 10.6 Å². The number of nitrogens with one attached hydrogen (secondary N) is 2. The predicted octanol–water partition coefficient (Wildman–Crippen LogP) is 3.53. The Kier molecular flexibility index (Phi) is 13.7. The summed E-state index contributed by atoms with van der Waals surface area (Å²) in [4.78, 5) is 39.6. The molecule has 2 rings (SSSR count). The molecule has 0 saturated heterocycles. The molecule has 5 atom stereocenters. The van der Waals surface area contributed by atoms with Crippen molar-refractivity contribution in [3.05, 3.63) is 97.1 Å². The SMILES string of the molecule is C=CCC(C(=O)N[C@H](C)CO)C(=O)N[C@@H](COC)[C@@H](OC(=O)[C@H](CC=C)Cc1ccccc1)c1ccccc1. The van der Waals surface area contributed by atoms with E-state index in [1.54, 1.807) is 13.0 Å². The number of benzene rings is 2. The van der Waals surface area contributed by atoms with E-state index in [0.29, 0.717) is 18.4 Å². The summed E-state index contributed by atoms with van der Waals surface area (Å²) in [6.07, 6.45) is 3.27. The molecule has 39 heavy (non-hydrogen) atoms. The number of amides is 2. The molecule has 2 amide bonds. The first kappa shape index (κ1) is 31.5. The highest BCUT2D eigenvalue weighted by molar-refractivity contribution is 6.00. The van der Waals surface area contributed by atoms with Gasteiger partial charge in [0.05, 0.1) is 25.2 Å². The van der Waals surface area contributed by atoms with Gasteiger partial charge in [-0.3, -0.25) is 14.4 Å². The van der Waals surface area contributed by atoms with E-state index in [1.165, 1.54) is 13.2 Å². The average Bonchev–Trinajstić information content (AvgIpc) is 2.94. The Morgan fingerprint density at radius 3 is 2.08 bits per heavy atom. The van der Waals surface area contributed by atoms with E-state index in [2.05, 4.69) is 23.8 Å². The number of aliphatic hydroxyl groups is 1. The van der Waals surface area contributed by atoms with Crippen molar-refractivity contribution in [3.8, 4) is 0 Å². The van der Waals surface area contributed by atoms with Crippen LogP contribution in [0.4, 0.5) is 0 Å². The minimum Gasteiger partial charge on any atom is -0.455 e. The standard InChI is InChI=1S/C31H40N2O6/c1-5-13-25(19-23-15-9-7-10-16-23)31(37)39-28(24-17-11-8-12-18-24)27(21-38-4)33-30(36)26(14-6-2)29(35)32-22(3)20-34/h5-12,15-18,22,25-28,34H,1-2,13-14,19-21H2,3-4H3,(H,32,35)(H,33,36)/t22-,25-,26?,27+,28+/m1/s1. The summed E-state index contributed by atoms with van der Waals surface area (Å²) in [6, 6.07) is 17.4. The van der Waals surface area contributed by atoms with Crippen molar-refractivity contribution < 1.29 is 29.0 Å². The molecular formula is C31H40N2O6. The number of esters is 1. The third kappa shape index (κ3) is 10.1. The molecule has 0 radical (unpaired) electrons. The topological polar surface area (TPSA) is 114 Å². The maximum absolute atomic E-state index is 13.5. The minimum absolute atomic E-state index is 0.0266. The summed E-state index contributed by atoms with van der Waals surface area (Å²) >= 11 is 0. The monoisotopic (exact) mass is 536 g/mol. The second-order valence-corrected chi connectivity index (χ2v) is 9.42. The van der Waals surface area contributed by atoms with Crippen molar-refractivity contribution in [3.63, 3.8) is 0 Å². The number of methoxy groups -OCH3 is 1. The molecule has 0 spiro atoms. The van der Waals surface area contributed by atoms with Crippen LogP contribution in [-0.2, 0) is 30.3 Å². The van der Waals surface area contributed by atoms with E-state index in [4.69, 9.17) is 9.47 Å². The van der Waals surface area contributed by atoms with Crippen LogP contribution in [0, 0.1) is 11.8 Å². The van der Waals surface area contributed by atoms with E-state index in [-0.39, 0.29) is 19.6 Å². The molecule has 0 heterocycles.